The SMILES string of the molecule is O=C(O)CC(NC(CC(=O)O)C(=O)O)C(=O)O.[Ca+2].[Ca+2].[H-].[H-].[H-].[H-]. The van der Waals surface area contributed by atoms with Crippen LogP contribution in [0.5, 0.6) is 0 Å². The molecule has 0 aromatic heterocycles. The molecule has 0 bridgehead atoms. The van der Waals surface area contributed by atoms with Gasteiger partial charge in [0, 0.05) is 0 Å². The van der Waals surface area contributed by atoms with Crippen molar-refractivity contribution in [3.05, 3.63) is 0 Å². The largest absolute Gasteiger partial charge is 2.00 e. The van der Waals surface area contributed by atoms with Gasteiger partial charge >= 0.3 is 99.4 Å². The smallest absolute Gasteiger partial charge is 1.00 e. The van der Waals surface area contributed by atoms with Crippen molar-refractivity contribution in [3.63, 3.8) is 0 Å². The first-order valence-corrected chi connectivity index (χ1v) is 4.39. The monoisotopic (exact) mass is 333 g/mol. The predicted molar refractivity (Wildman–Crippen MR) is 66.4 cm³/mol. The average Bonchev–Trinajstić information content (AvgIpc) is 2.13. The van der Waals surface area contributed by atoms with E-state index in [2.05, 4.69) is 0 Å². The van der Waals surface area contributed by atoms with Crippen LogP contribution in [0.25, 0.3) is 0 Å². The van der Waals surface area contributed by atoms with Crippen LogP contribution in [-0.2, 0) is 19.2 Å². The van der Waals surface area contributed by atoms with Crippen LogP contribution in [0.3, 0.4) is 0 Å². The number of carboxylic acid groups (broad SMARTS) is 4. The standard InChI is InChI=1S/C8H11NO8.2Ca.4H/c10-5(11)1-3(7(14)15)9-4(8(16)17)2-6(12)13;;;;;;/h3-4,9H,1-2H2,(H,10,11)(H,12,13)(H,14,15)(H,16,17);;;;;;/q;2*+2;4*-1. The van der Waals surface area contributed by atoms with E-state index in [1.54, 1.807) is 0 Å². The van der Waals surface area contributed by atoms with Gasteiger partial charge in [-0.15, -0.1) is 0 Å². The third-order valence-electron chi connectivity index (χ3n) is 1.76. The third-order valence-corrected chi connectivity index (χ3v) is 1.76. The summed E-state index contributed by atoms with van der Waals surface area (Å²) in [5, 5.41) is 36.0. The minimum absolute atomic E-state index is 0. The van der Waals surface area contributed by atoms with Gasteiger partial charge in [0.05, 0.1) is 12.8 Å². The van der Waals surface area contributed by atoms with E-state index in [0.29, 0.717) is 0 Å². The second kappa shape index (κ2) is 12.1. The molecule has 0 saturated carbocycles. The Morgan fingerprint density at radius 1 is 0.789 bits per heavy atom. The van der Waals surface area contributed by atoms with Gasteiger partial charge in [0.2, 0.25) is 0 Å². The van der Waals surface area contributed by atoms with Crippen LogP contribution in [0.15, 0.2) is 0 Å². The Kier molecular flexibility index (Phi) is 15.6. The summed E-state index contributed by atoms with van der Waals surface area (Å²) in [6.45, 7) is 0. The normalized spacial score (nSPS) is 12.2. The molecule has 0 spiro atoms. The quantitative estimate of drug-likeness (QED) is 0.320. The predicted octanol–water partition coefficient (Wildman–Crippen LogP) is -1.88. The van der Waals surface area contributed by atoms with Gasteiger partial charge in [-0.1, -0.05) is 0 Å². The summed E-state index contributed by atoms with van der Waals surface area (Å²) in [7, 11) is 0. The van der Waals surface area contributed by atoms with Gasteiger partial charge in [-0.2, -0.15) is 0 Å². The van der Waals surface area contributed by atoms with Gasteiger partial charge in [0.15, 0.2) is 0 Å². The number of aliphatic carboxylic acids is 4. The summed E-state index contributed by atoms with van der Waals surface area (Å²) in [6, 6.07) is -3.32. The Morgan fingerprint density at radius 3 is 1.21 bits per heavy atom. The van der Waals surface area contributed by atoms with Crippen molar-refractivity contribution in [1.29, 1.82) is 0 Å². The van der Waals surface area contributed by atoms with E-state index >= 15 is 0 Å². The van der Waals surface area contributed by atoms with E-state index in [4.69, 9.17) is 20.4 Å². The molecule has 0 amide bonds. The van der Waals surface area contributed by atoms with Gasteiger partial charge in [-0.3, -0.25) is 24.5 Å². The topological polar surface area (TPSA) is 161 Å². The van der Waals surface area contributed by atoms with Crippen LogP contribution in [-0.4, -0.2) is 132 Å². The Hall–Kier alpha value is 0.359. The molecule has 0 fully saturated rings. The number of hydrogen-bond donors (Lipinski definition) is 5. The summed E-state index contributed by atoms with van der Waals surface area (Å²) in [4.78, 5) is 41.9. The zero-order valence-electron chi connectivity index (χ0n) is 13.9. The van der Waals surface area contributed by atoms with Crippen LogP contribution in [0.2, 0.25) is 0 Å². The average molecular weight is 333 g/mol. The van der Waals surface area contributed by atoms with Crippen molar-refractivity contribution in [2.45, 2.75) is 24.9 Å². The zero-order chi connectivity index (χ0) is 13.6. The van der Waals surface area contributed by atoms with Crippen LogP contribution in [0.4, 0.5) is 0 Å². The van der Waals surface area contributed by atoms with E-state index in [1.807, 2.05) is 5.32 Å². The van der Waals surface area contributed by atoms with E-state index < -0.39 is 48.8 Å². The van der Waals surface area contributed by atoms with Crippen molar-refractivity contribution in [2.75, 3.05) is 0 Å². The van der Waals surface area contributed by atoms with Crippen molar-refractivity contribution in [3.8, 4) is 0 Å². The number of nitrogens with one attached hydrogen (secondary N) is 1. The molecule has 0 heterocycles. The van der Waals surface area contributed by atoms with E-state index in [9.17, 15) is 19.2 Å². The van der Waals surface area contributed by atoms with Crippen LogP contribution >= 0.6 is 0 Å². The molecule has 0 aromatic carbocycles. The molecule has 11 heteroatoms. The summed E-state index contributed by atoms with van der Waals surface area (Å²) in [6.07, 6.45) is -1.70. The summed E-state index contributed by atoms with van der Waals surface area (Å²) < 4.78 is 0. The van der Waals surface area contributed by atoms with Gasteiger partial charge < -0.3 is 26.1 Å². The van der Waals surface area contributed by atoms with Crippen molar-refractivity contribution < 1.29 is 45.3 Å². The molecule has 2 unspecified atom stereocenters. The molecule has 9 nitrogen and oxygen atoms in total. The first-order chi connectivity index (χ1) is 7.73. The van der Waals surface area contributed by atoms with Gasteiger partial charge in [0.1, 0.15) is 12.1 Å². The molecule has 5 N–H and O–H groups in total. The third kappa shape index (κ3) is 11.9. The van der Waals surface area contributed by atoms with Gasteiger partial charge in [-0.05, 0) is 0 Å². The Morgan fingerprint density at radius 2 is 1.05 bits per heavy atom. The molecular formula is C8H15Ca2NO8. The van der Waals surface area contributed by atoms with Gasteiger partial charge in [-0.25, -0.2) is 0 Å². The molecule has 0 aliphatic rings. The van der Waals surface area contributed by atoms with Crippen LogP contribution < -0.4 is 5.32 Å². The fraction of sp³-hybridized carbons (Fsp3) is 0.500. The fourth-order valence-corrected chi connectivity index (χ4v) is 1.03. The molecule has 0 aromatic rings. The molecule has 0 saturated heterocycles. The second-order valence-corrected chi connectivity index (χ2v) is 3.14. The number of carboxylic acids is 4. The minimum Gasteiger partial charge on any atom is -1.00 e. The molecule has 0 aliphatic carbocycles. The number of rotatable bonds is 8. The summed E-state index contributed by atoms with van der Waals surface area (Å²) in [5.41, 5.74) is 0. The van der Waals surface area contributed by atoms with Gasteiger partial charge in [0.25, 0.3) is 0 Å². The van der Waals surface area contributed by atoms with E-state index in [1.165, 1.54) is 0 Å². The van der Waals surface area contributed by atoms with Crippen molar-refractivity contribution >= 4 is 99.4 Å². The maximum atomic E-state index is 10.6. The van der Waals surface area contributed by atoms with Crippen LogP contribution in [0, 0.1) is 0 Å². The minimum atomic E-state index is -1.66. The molecule has 0 radical (unpaired) electrons. The first kappa shape index (κ1) is 24.4. The molecule has 19 heavy (non-hydrogen) atoms. The van der Waals surface area contributed by atoms with E-state index in [0.717, 1.165) is 0 Å². The zero-order valence-corrected chi connectivity index (χ0v) is 14.3. The number of carbonyl (C=O) groups is 4. The summed E-state index contributed by atoms with van der Waals surface area (Å²) >= 11 is 0. The molecule has 0 aliphatic heterocycles. The van der Waals surface area contributed by atoms with Crippen molar-refractivity contribution in [1.82, 2.24) is 5.32 Å². The molecule has 2 atom stereocenters. The number of hydrogen-bond acceptors (Lipinski definition) is 5. The molecule has 104 valence electrons. The van der Waals surface area contributed by atoms with E-state index in [-0.39, 0.29) is 81.2 Å². The summed E-state index contributed by atoms with van der Waals surface area (Å²) in [5.74, 6) is -6.01. The molecule has 0 rings (SSSR count). The first-order valence-electron chi connectivity index (χ1n) is 4.39. The fourth-order valence-electron chi connectivity index (χ4n) is 1.03. The Balaban J connectivity index is -0.0000000853. The Bertz CT molecular complexity index is 331. The second-order valence-electron chi connectivity index (χ2n) is 3.14. The Labute approximate surface area is 173 Å². The van der Waals surface area contributed by atoms with Crippen LogP contribution in [0.1, 0.15) is 18.5 Å². The van der Waals surface area contributed by atoms with Crippen molar-refractivity contribution in [2.24, 2.45) is 0 Å². The maximum absolute atomic E-state index is 10.6. The maximum Gasteiger partial charge on any atom is 2.00 e. The molecular weight excluding hydrogens is 318 g/mol.